The maximum absolute atomic E-state index is 11.2. The zero-order chi connectivity index (χ0) is 15.4. The molecular formula is C15H15IN2O2S. The van der Waals surface area contributed by atoms with E-state index in [1.54, 1.807) is 6.07 Å². The molecule has 0 heterocycles. The summed E-state index contributed by atoms with van der Waals surface area (Å²) in [6.07, 6.45) is 0. The van der Waals surface area contributed by atoms with E-state index in [0.29, 0.717) is 4.90 Å². The number of nitrogens with zero attached hydrogens (tertiary/aromatic N) is 2. The molecule has 0 radical (unpaired) electrons. The smallest absolute Gasteiger partial charge is 0.284 e. The van der Waals surface area contributed by atoms with Gasteiger partial charge in [0, 0.05) is 21.1 Å². The van der Waals surface area contributed by atoms with Gasteiger partial charge in [-0.2, -0.15) is 0 Å². The summed E-state index contributed by atoms with van der Waals surface area (Å²) in [5.41, 5.74) is 1.33. The highest BCUT2D eigenvalue weighted by atomic mass is 127. The lowest BCUT2D eigenvalue weighted by atomic mass is 10.2. The number of benzene rings is 2. The first-order chi connectivity index (χ1) is 9.97. The Hall–Kier alpha value is -1.12. The van der Waals surface area contributed by atoms with Crippen LogP contribution in [0.15, 0.2) is 52.3 Å². The zero-order valence-electron chi connectivity index (χ0n) is 11.7. The van der Waals surface area contributed by atoms with E-state index in [-0.39, 0.29) is 10.6 Å². The average Bonchev–Trinajstić information content (AvgIpc) is 2.42. The molecule has 2 aromatic rings. The Morgan fingerprint density at radius 2 is 1.90 bits per heavy atom. The molecule has 21 heavy (non-hydrogen) atoms. The third-order valence-corrected chi connectivity index (χ3v) is 4.65. The molecule has 2 rings (SSSR count). The van der Waals surface area contributed by atoms with Crippen LogP contribution >= 0.6 is 34.4 Å². The zero-order valence-corrected chi connectivity index (χ0v) is 14.7. The quantitative estimate of drug-likeness (QED) is 0.413. The first-order valence-electron chi connectivity index (χ1n) is 6.32. The van der Waals surface area contributed by atoms with Crippen molar-refractivity contribution in [1.82, 2.24) is 4.90 Å². The number of hydrogen-bond donors (Lipinski definition) is 0. The van der Waals surface area contributed by atoms with E-state index in [4.69, 9.17) is 0 Å². The molecule has 2 aromatic carbocycles. The second-order valence-electron chi connectivity index (χ2n) is 4.82. The van der Waals surface area contributed by atoms with Crippen molar-refractivity contribution in [3.8, 4) is 0 Å². The lowest BCUT2D eigenvalue weighted by Gasteiger charge is -2.13. The Bertz CT molecular complexity index is 662. The molecule has 0 fully saturated rings. The van der Waals surface area contributed by atoms with Gasteiger partial charge in [0.2, 0.25) is 0 Å². The second-order valence-corrected chi connectivity index (χ2v) is 7.15. The van der Waals surface area contributed by atoms with Crippen LogP contribution in [0.25, 0.3) is 0 Å². The second kappa shape index (κ2) is 7.24. The number of halogens is 1. The van der Waals surface area contributed by atoms with E-state index in [2.05, 4.69) is 33.6 Å². The molecule has 6 heteroatoms. The summed E-state index contributed by atoms with van der Waals surface area (Å²) in [7, 11) is 4.02. The Kier molecular flexibility index (Phi) is 5.60. The van der Waals surface area contributed by atoms with Crippen LogP contribution in [0, 0.1) is 13.7 Å². The summed E-state index contributed by atoms with van der Waals surface area (Å²) >= 11 is 3.54. The Labute approximate surface area is 141 Å². The van der Waals surface area contributed by atoms with Crippen LogP contribution in [0.4, 0.5) is 5.69 Å². The predicted octanol–water partition coefficient (Wildman–Crippen LogP) is 4.41. The average molecular weight is 414 g/mol. The van der Waals surface area contributed by atoms with Gasteiger partial charge in [-0.1, -0.05) is 30.0 Å². The van der Waals surface area contributed by atoms with Crippen LogP contribution in [0.3, 0.4) is 0 Å². The molecule has 0 saturated heterocycles. The van der Waals surface area contributed by atoms with Crippen molar-refractivity contribution in [1.29, 1.82) is 0 Å². The summed E-state index contributed by atoms with van der Waals surface area (Å²) < 4.78 is 0.866. The topological polar surface area (TPSA) is 46.4 Å². The van der Waals surface area contributed by atoms with Crippen LogP contribution in [0.2, 0.25) is 0 Å². The molecule has 0 unspecified atom stereocenters. The van der Waals surface area contributed by atoms with E-state index < -0.39 is 0 Å². The summed E-state index contributed by atoms with van der Waals surface area (Å²) in [5.74, 6) is 0. The van der Waals surface area contributed by atoms with Gasteiger partial charge in [-0.25, -0.2) is 0 Å². The molecule has 0 N–H and O–H groups in total. The molecule has 0 aliphatic heterocycles. The third-order valence-electron chi connectivity index (χ3n) is 2.80. The third kappa shape index (κ3) is 4.42. The minimum atomic E-state index is -0.320. The van der Waals surface area contributed by atoms with Gasteiger partial charge in [-0.15, -0.1) is 0 Å². The number of hydrogen-bond acceptors (Lipinski definition) is 4. The highest BCUT2D eigenvalue weighted by Gasteiger charge is 2.16. The minimum Gasteiger partial charge on any atom is -0.305 e. The van der Waals surface area contributed by atoms with Crippen molar-refractivity contribution in [2.45, 2.75) is 16.3 Å². The van der Waals surface area contributed by atoms with Gasteiger partial charge in [0.1, 0.15) is 0 Å². The van der Waals surface area contributed by atoms with Gasteiger partial charge >= 0.3 is 0 Å². The van der Waals surface area contributed by atoms with Crippen LogP contribution < -0.4 is 0 Å². The largest absolute Gasteiger partial charge is 0.305 e. The van der Waals surface area contributed by atoms with E-state index in [1.807, 2.05) is 44.4 Å². The van der Waals surface area contributed by atoms with Crippen LogP contribution in [-0.2, 0) is 6.54 Å². The highest BCUT2D eigenvalue weighted by Crippen LogP contribution is 2.37. The van der Waals surface area contributed by atoms with Gasteiger partial charge in [-0.05, 0) is 60.4 Å². The maximum atomic E-state index is 11.2. The van der Waals surface area contributed by atoms with Crippen LogP contribution in [0.5, 0.6) is 0 Å². The molecule has 0 bridgehead atoms. The van der Waals surface area contributed by atoms with Crippen molar-refractivity contribution in [3.63, 3.8) is 0 Å². The lowest BCUT2D eigenvalue weighted by Crippen LogP contribution is -2.11. The Balaban J connectivity index is 2.37. The lowest BCUT2D eigenvalue weighted by molar-refractivity contribution is -0.387. The van der Waals surface area contributed by atoms with Crippen molar-refractivity contribution in [2.24, 2.45) is 0 Å². The number of nitro benzene ring substituents is 1. The van der Waals surface area contributed by atoms with E-state index >= 15 is 0 Å². The monoisotopic (exact) mass is 414 g/mol. The standard InChI is InChI=1S/C15H15IN2O2S/c1-17(2)10-11-5-3-4-6-14(11)21-15-8-7-12(16)9-13(15)18(19)20/h3-9H,10H2,1-2H3. The summed E-state index contributed by atoms with van der Waals surface area (Å²) in [5, 5.41) is 11.2. The number of rotatable bonds is 5. The van der Waals surface area contributed by atoms with E-state index in [0.717, 1.165) is 15.0 Å². The first kappa shape index (κ1) is 16.3. The van der Waals surface area contributed by atoms with Gasteiger partial charge in [0.15, 0.2) is 0 Å². The molecule has 0 saturated carbocycles. The summed E-state index contributed by atoms with van der Waals surface area (Å²) in [4.78, 5) is 14.7. The van der Waals surface area contributed by atoms with Crippen molar-refractivity contribution >= 4 is 40.0 Å². The SMILES string of the molecule is CN(C)Cc1ccccc1Sc1ccc(I)cc1[N+](=O)[O-]. The molecule has 0 aromatic heterocycles. The maximum Gasteiger partial charge on any atom is 0.284 e. The molecule has 0 atom stereocenters. The molecule has 0 spiro atoms. The van der Waals surface area contributed by atoms with Crippen molar-refractivity contribution in [2.75, 3.05) is 14.1 Å². The Morgan fingerprint density at radius 1 is 1.19 bits per heavy atom. The highest BCUT2D eigenvalue weighted by molar-refractivity contribution is 14.1. The van der Waals surface area contributed by atoms with Gasteiger partial charge in [0.05, 0.1) is 9.82 Å². The summed E-state index contributed by atoms with van der Waals surface area (Å²) in [6.45, 7) is 0.807. The molecular weight excluding hydrogens is 399 g/mol. The fraction of sp³-hybridized carbons (Fsp3) is 0.200. The molecule has 0 amide bonds. The van der Waals surface area contributed by atoms with Crippen molar-refractivity contribution < 1.29 is 4.92 Å². The van der Waals surface area contributed by atoms with Gasteiger partial charge in [0.25, 0.3) is 5.69 Å². The van der Waals surface area contributed by atoms with E-state index in [9.17, 15) is 10.1 Å². The minimum absolute atomic E-state index is 0.159. The van der Waals surface area contributed by atoms with Crippen LogP contribution in [0.1, 0.15) is 5.56 Å². The first-order valence-corrected chi connectivity index (χ1v) is 8.21. The molecule has 110 valence electrons. The fourth-order valence-corrected chi connectivity index (χ4v) is 3.41. The van der Waals surface area contributed by atoms with Gasteiger partial charge < -0.3 is 4.90 Å². The molecule has 4 nitrogen and oxygen atoms in total. The van der Waals surface area contributed by atoms with Crippen molar-refractivity contribution in [3.05, 3.63) is 61.7 Å². The van der Waals surface area contributed by atoms with Crippen LogP contribution in [-0.4, -0.2) is 23.9 Å². The molecule has 0 aliphatic carbocycles. The van der Waals surface area contributed by atoms with E-state index in [1.165, 1.54) is 17.3 Å². The predicted molar refractivity (Wildman–Crippen MR) is 93.8 cm³/mol. The number of nitro groups is 1. The fourth-order valence-electron chi connectivity index (χ4n) is 1.91. The summed E-state index contributed by atoms with van der Waals surface area (Å²) in [6, 6.07) is 13.3. The van der Waals surface area contributed by atoms with Gasteiger partial charge in [-0.3, -0.25) is 10.1 Å². The normalized spacial score (nSPS) is 10.9. The Morgan fingerprint density at radius 3 is 2.57 bits per heavy atom. The molecule has 0 aliphatic rings.